The minimum atomic E-state index is -0.938. The monoisotopic (exact) mass is 345 g/mol. The van der Waals surface area contributed by atoms with Crippen molar-refractivity contribution in [3.63, 3.8) is 0 Å². The van der Waals surface area contributed by atoms with E-state index in [0.29, 0.717) is 13.0 Å². The van der Waals surface area contributed by atoms with E-state index in [-0.39, 0.29) is 24.3 Å². The number of rotatable bonds is 3. The van der Waals surface area contributed by atoms with Crippen LogP contribution in [0.1, 0.15) is 52.1 Å². The number of hydrogen-bond donors (Lipinski definition) is 1. The first kappa shape index (κ1) is 17.9. The van der Waals surface area contributed by atoms with E-state index in [1.165, 1.54) is 0 Å². The summed E-state index contributed by atoms with van der Waals surface area (Å²) in [7, 11) is 0. The first-order valence-corrected chi connectivity index (χ1v) is 8.91. The van der Waals surface area contributed by atoms with Gasteiger partial charge in [-0.15, -0.1) is 0 Å². The van der Waals surface area contributed by atoms with Gasteiger partial charge in [-0.1, -0.05) is 30.3 Å². The molecule has 0 radical (unpaired) electrons. The standard InChI is InChI=1S/C20H27NO4/c1-13(14-8-6-5-7-9-14)21-12-20(18(24)25-19(2,3)4)11-15(22)10-16(20)17(21)23/h5-9,13,15-16,22H,10-12H2,1-4H3/t13-,15?,16-,20?/m1/s1. The van der Waals surface area contributed by atoms with Gasteiger partial charge in [-0.25, -0.2) is 0 Å². The van der Waals surface area contributed by atoms with E-state index in [2.05, 4.69) is 0 Å². The van der Waals surface area contributed by atoms with Crippen LogP contribution in [0, 0.1) is 11.3 Å². The molecule has 25 heavy (non-hydrogen) atoms. The molecule has 1 N–H and O–H groups in total. The van der Waals surface area contributed by atoms with Gasteiger partial charge in [-0.2, -0.15) is 0 Å². The Labute approximate surface area is 149 Å². The molecule has 0 bridgehead atoms. The molecule has 1 amide bonds. The number of carbonyl (C=O) groups excluding carboxylic acids is 2. The van der Waals surface area contributed by atoms with Gasteiger partial charge in [0.2, 0.25) is 5.91 Å². The second-order valence-electron chi connectivity index (χ2n) is 8.36. The molecule has 1 heterocycles. The second kappa shape index (κ2) is 6.13. The van der Waals surface area contributed by atoms with Crippen LogP contribution in [0.4, 0.5) is 0 Å². The van der Waals surface area contributed by atoms with Crippen LogP contribution in [-0.4, -0.2) is 40.1 Å². The minimum Gasteiger partial charge on any atom is -0.459 e. The number of esters is 1. The third kappa shape index (κ3) is 3.17. The molecule has 136 valence electrons. The molecule has 2 unspecified atom stereocenters. The van der Waals surface area contributed by atoms with E-state index in [1.807, 2.05) is 58.0 Å². The number of carbonyl (C=O) groups is 2. The summed E-state index contributed by atoms with van der Waals surface area (Å²) in [5.41, 5.74) is -0.520. The van der Waals surface area contributed by atoms with Crippen LogP contribution in [0.15, 0.2) is 30.3 Å². The maximum atomic E-state index is 13.0. The number of aliphatic hydroxyl groups excluding tert-OH is 1. The van der Waals surface area contributed by atoms with Crippen molar-refractivity contribution in [2.24, 2.45) is 11.3 Å². The number of fused-ring (bicyclic) bond motifs is 1. The molecule has 1 aliphatic carbocycles. The highest BCUT2D eigenvalue weighted by molar-refractivity contribution is 5.93. The zero-order valence-corrected chi connectivity index (χ0v) is 15.4. The number of likely N-dealkylation sites (tertiary alicyclic amines) is 1. The molecule has 1 saturated carbocycles. The summed E-state index contributed by atoms with van der Waals surface area (Å²) in [4.78, 5) is 27.8. The lowest BCUT2D eigenvalue weighted by Gasteiger charge is -2.31. The zero-order valence-electron chi connectivity index (χ0n) is 15.4. The van der Waals surface area contributed by atoms with Crippen molar-refractivity contribution in [3.05, 3.63) is 35.9 Å². The summed E-state index contributed by atoms with van der Waals surface area (Å²) in [6, 6.07) is 9.69. The SMILES string of the molecule is C[C@H](c1ccccc1)N1CC2(C(=O)OC(C)(C)C)CC(O)C[C@@H]2C1=O. The fraction of sp³-hybridized carbons (Fsp3) is 0.600. The first-order chi connectivity index (χ1) is 11.6. The maximum Gasteiger partial charge on any atom is 0.315 e. The van der Waals surface area contributed by atoms with Crippen molar-refractivity contribution in [1.82, 2.24) is 4.90 Å². The number of amides is 1. The Kier molecular flexibility index (Phi) is 4.40. The second-order valence-corrected chi connectivity index (χ2v) is 8.36. The number of hydrogen-bond acceptors (Lipinski definition) is 4. The van der Waals surface area contributed by atoms with E-state index in [9.17, 15) is 14.7 Å². The number of ether oxygens (including phenoxy) is 1. The van der Waals surface area contributed by atoms with Gasteiger partial charge in [0, 0.05) is 6.54 Å². The van der Waals surface area contributed by atoms with Crippen molar-refractivity contribution in [2.45, 2.75) is 58.3 Å². The van der Waals surface area contributed by atoms with Gasteiger partial charge in [0.1, 0.15) is 5.60 Å². The molecule has 1 aromatic carbocycles. The Morgan fingerprint density at radius 3 is 2.56 bits per heavy atom. The third-order valence-corrected chi connectivity index (χ3v) is 5.36. The summed E-state index contributed by atoms with van der Waals surface area (Å²) >= 11 is 0. The highest BCUT2D eigenvalue weighted by Crippen LogP contribution is 2.52. The van der Waals surface area contributed by atoms with Crippen LogP contribution in [0.5, 0.6) is 0 Å². The van der Waals surface area contributed by atoms with Crippen LogP contribution in [-0.2, 0) is 14.3 Å². The normalized spacial score (nSPS) is 30.3. The Balaban J connectivity index is 1.90. The van der Waals surface area contributed by atoms with Crippen molar-refractivity contribution in [2.75, 3.05) is 6.54 Å². The lowest BCUT2D eigenvalue weighted by Crippen LogP contribution is -2.41. The average molecular weight is 345 g/mol. The number of nitrogens with zero attached hydrogens (tertiary/aromatic N) is 1. The topological polar surface area (TPSA) is 66.8 Å². The van der Waals surface area contributed by atoms with E-state index in [0.717, 1.165) is 5.56 Å². The molecule has 2 aliphatic rings. The Morgan fingerprint density at radius 2 is 1.96 bits per heavy atom. The summed E-state index contributed by atoms with van der Waals surface area (Å²) in [6.07, 6.45) is -0.0116. The van der Waals surface area contributed by atoms with Gasteiger partial charge >= 0.3 is 5.97 Å². The Hall–Kier alpha value is -1.88. The summed E-state index contributed by atoms with van der Waals surface area (Å²) in [6.45, 7) is 7.75. The van der Waals surface area contributed by atoms with Gasteiger partial charge in [0.05, 0.1) is 23.5 Å². The molecule has 1 aliphatic heterocycles. The fourth-order valence-electron chi connectivity index (χ4n) is 4.15. The van der Waals surface area contributed by atoms with E-state index in [4.69, 9.17) is 4.74 Å². The molecule has 3 rings (SSSR count). The molecule has 4 atom stereocenters. The molecule has 1 saturated heterocycles. The van der Waals surface area contributed by atoms with Gasteiger partial charge in [-0.3, -0.25) is 9.59 Å². The van der Waals surface area contributed by atoms with Crippen LogP contribution in [0.3, 0.4) is 0 Å². The Morgan fingerprint density at radius 1 is 1.32 bits per heavy atom. The average Bonchev–Trinajstić information content (AvgIpc) is 3.00. The third-order valence-electron chi connectivity index (χ3n) is 5.36. The molecule has 0 aromatic heterocycles. The smallest absolute Gasteiger partial charge is 0.315 e. The highest BCUT2D eigenvalue weighted by Gasteiger charge is 2.63. The molecule has 2 fully saturated rings. The van der Waals surface area contributed by atoms with Crippen molar-refractivity contribution in [3.8, 4) is 0 Å². The van der Waals surface area contributed by atoms with Crippen LogP contribution in [0.25, 0.3) is 0 Å². The largest absolute Gasteiger partial charge is 0.459 e. The lowest BCUT2D eigenvalue weighted by molar-refractivity contribution is -0.169. The molecule has 0 spiro atoms. The minimum absolute atomic E-state index is 0.0567. The molecule has 5 nitrogen and oxygen atoms in total. The van der Waals surface area contributed by atoms with Crippen LogP contribution >= 0.6 is 0 Å². The van der Waals surface area contributed by atoms with Crippen LogP contribution < -0.4 is 0 Å². The van der Waals surface area contributed by atoms with E-state index in [1.54, 1.807) is 4.90 Å². The molecular formula is C20H27NO4. The van der Waals surface area contributed by atoms with Gasteiger partial charge in [0.25, 0.3) is 0 Å². The van der Waals surface area contributed by atoms with Gasteiger partial charge < -0.3 is 14.7 Å². The van der Waals surface area contributed by atoms with E-state index >= 15 is 0 Å². The van der Waals surface area contributed by atoms with Gasteiger partial charge in [-0.05, 0) is 46.1 Å². The number of benzene rings is 1. The molecule has 5 heteroatoms. The van der Waals surface area contributed by atoms with Crippen LogP contribution in [0.2, 0.25) is 0 Å². The van der Waals surface area contributed by atoms with E-state index < -0.39 is 23.0 Å². The zero-order chi connectivity index (χ0) is 18.4. The summed E-state index contributed by atoms with van der Waals surface area (Å²) in [5.74, 6) is -0.917. The van der Waals surface area contributed by atoms with Gasteiger partial charge in [0.15, 0.2) is 0 Å². The molecule has 1 aromatic rings. The quantitative estimate of drug-likeness (QED) is 0.856. The first-order valence-electron chi connectivity index (χ1n) is 8.91. The van der Waals surface area contributed by atoms with Crippen molar-refractivity contribution >= 4 is 11.9 Å². The van der Waals surface area contributed by atoms with Crippen molar-refractivity contribution in [1.29, 1.82) is 0 Å². The maximum absolute atomic E-state index is 13.0. The predicted octanol–water partition coefficient (Wildman–Crippen LogP) is 2.69. The number of aliphatic hydroxyl groups is 1. The fourth-order valence-corrected chi connectivity index (χ4v) is 4.15. The Bertz CT molecular complexity index is 666. The van der Waals surface area contributed by atoms with Crippen molar-refractivity contribution < 1.29 is 19.4 Å². The summed E-state index contributed by atoms with van der Waals surface area (Å²) in [5, 5.41) is 10.1. The highest BCUT2D eigenvalue weighted by atomic mass is 16.6. The lowest BCUT2D eigenvalue weighted by atomic mass is 9.80. The summed E-state index contributed by atoms with van der Waals surface area (Å²) < 4.78 is 5.63. The molecular weight excluding hydrogens is 318 g/mol. The predicted molar refractivity (Wildman–Crippen MR) is 93.6 cm³/mol.